The van der Waals surface area contributed by atoms with Gasteiger partial charge in [0.1, 0.15) is 12.1 Å². The second-order valence-electron chi connectivity index (χ2n) is 6.75. The molecule has 7 nitrogen and oxygen atoms in total. The molecule has 29 heavy (non-hydrogen) atoms. The number of ether oxygens (including phenoxy) is 1. The van der Waals surface area contributed by atoms with Gasteiger partial charge in [-0.05, 0) is 41.1 Å². The zero-order valence-corrected chi connectivity index (χ0v) is 15.7. The molecule has 0 spiro atoms. The number of H-pyrrole nitrogens is 1. The lowest BCUT2D eigenvalue weighted by atomic mass is 9.96. The van der Waals surface area contributed by atoms with Crippen LogP contribution in [0.3, 0.4) is 0 Å². The Kier molecular flexibility index (Phi) is 4.05. The SMILES string of the molecule is COc1ccc(Cc2cc3c(=O)n(-c4cn[nH]n4)cnc3c3ccccc23)cc1. The number of nitrogens with one attached hydrogen (secondary N) is 1. The van der Waals surface area contributed by atoms with E-state index in [1.165, 1.54) is 17.1 Å². The van der Waals surface area contributed by atoms with Crippen LogP contribution in [0.2, 0.25) is 0 Å². The van der Waals surface area contributed by atoms with Crippen LogP contribution in [0.15, 0.2) is 71.9 Å². The van der Waals surface area contributed by atoms with Crippen LogP contribution >= 0.6 is 0 Å². The summed E-state index contributed by atoms with van der Waals surface area (Å²) < 4.78 is 6.65. The molecule has 0 fully saturated rings. The van der Waals surface area contributed by atoms with Gasteiger partial charge in [0.05, 0.1) is 24.2 Å². The molecular weight excluding hydrogens is 366 g/mol. The van der Waals surface area contributed by atoms with Crippen LogP contribution in [0, 0.1) is 0 Å². The van der Waals surface area contributed by atoms with E-state index in [0.717, 1.165) is 27.6 Å². The Labute approximate surface area is 165 Å². The molecule has 0 aliphatic carbocycles. The molecule has 0 atom stereocenters. The average molecular weight is 383 g/mol. The van der Waals surface area contributed by atoms with Crippen LogP contribution in [0.5, 0.6) is 5.75 Å². The van der Waals surface area contributed by atoms with E-state index >= 15 is 0 Å². The average Bonchev–Trinajstić information content (AvgIpc) is 3.30. The molecule has 2 aromatic heterocycles. The predicted octanol–water partition coefficient (Wildman–Crippen LogP) is 3.26. The van der Waals surface area contributed by atoms with Crippen LogP contribution in [-0.2, 0) is 6.42 Å². The number of benzene rings is 3. The van der Waals surface area contributed by atoms with Crippen LogP contribution in [-0.4, -0.2) is 32.1 Å². The summed E-state index contributed by atoms with van der Waals surface area (Å²) in [4.78, 5) is 17.7. The number of methoxy groups -OCH3 is 1. The Hall–Kier alpha value is -4.00. The predicted molar refractivity (Wildman–Crippen MR) is 111 cm³/mol. The Morgan fingerprint density at radius 1 is 1.03 bits per heavy atom. The Morgan fingerprint density at radius 3 is 2.55 bits per heavy atom. The molecule has 5 aromatic rings. The highest BCUT2D eigenvalue weighted by molar-refractivity contribution is 6.06. The van der Waals surface area contributed by atoms with Crippen molar-refractivity contribution in [3.63, 3.8) is 0 Å². The van der Waals surface area contributed by atoms with Crippen LogP contribution in [0.25, 0.3) is 27.5 Å². The Balaban J connectivity index is 1.73. The van der Waals surface area contributed by atoms with Gasteiger partial charge < -0.3 is 4.74 Å². The third kappa shape index (κ3) is 2.93. The summed E-state index contributed by atoms with van der Waals surface area (Å²) in [7, 11) is 1.65. The molecule has 2 heterocycles. The number of hydrogen-bond acceptors (Lipinski definition) is 5. The fourth-order valence-electron chi connectivity index (χ4n) is 3.62. The molecule has 1 N–H and O–H groups in total. The number of fused-ring (bicyclic) bond motifs is 3. The quantitative estimate of drug-likeness (QED) is 0.482. The zero-order chi connectivity index (χ0) is 19.8. The molecule has 7 heteroatoms. The van der Waals surface area contributed by atoms with Gasteiger partial charge in [-0.2, -0.15) is 10.3 Å². The highest BCUT2D eigenvalue weighted by Gasteiger charge is 2.13. The van der Waals surface area contributed by atoms with Crippen molar-refractivity contribution in [3.8, 4) is 11.6 Å². The lowest BCUT2D eigenvalue weighted by molar-refractivity contribution is 0.414. The lowest BCUT2D eigenvalue weighted by Gasteiger charge is -2.11. The summed E-state index contributed by atoms with van der Waals surface area (Å²) in [5.74, 6) is 1.23. The van der Waals surface area contributed by atoms with E-state index in [2.05, 4.69) is 26.5 Å². The number of aromatic nitrogens is 5. The van der Waals surface area contributed by atoms with Crippen molar-refractivity contribution in [1.29, 1.82) is 0 Å². The molecule has 0 bridgehead atoms. The third-order valence-electron chi connectivity index (χ3n) is 5.06. The maximum atomic E-state index is 13.2. The van der Waals surface area contributed by atoms with E-state index in [1.54, 1.807) is 7.11 Å². The minimum Gasteiger partial charge on any atom is -0.497 e. The van der Waals surface area contributed by atoms with Gasteiger partial charge in [0.25, 0.3) is 5.56 Å². The van der Waals surface area contributed by atoms with Crippen molar-refractivity contribution in [1.82, 2.24) is 25.0 Å². The summed E-state index contributed by atoms with van der Waals surface area (Å²) in [5.41, 5.74) is 2.71. The molecule has 142 valence electrons. The topological polar surface area (TPSA) is 85.7 Å². The van der Waals surface area contributed by atoms with Crippen molar-refractivity contribution in [2.45, 2.75) is 6.42 Å². The second-order valence-corrected chi connectivity index (χ2v) is 6.75. The highest BCUT2D eigenvalue weighted by Crippen LogP contribution is 2.28. The summed E-state index contributed by atoms with van der Waals surface area (Å²) >= 11 is 0. The molecule has 0 unspecified atom stereocenters. The van der Waals surface area contributed by atoms with Crippen LogP contribution < -0.4 is 10.3 Å². The maximum absolute atomic E-state index is 13.2. The van der Waals surface area contributed by atoms with E-state index in [4.69, 9.17) is 4.74 Å². The lowest BCUT2D eigenvalue weighted by Crippen LogP contribution is -2.19. The summed E-state index contributed by atoms with van der Waals surface area (Å²) in [6.07, 6.45) is 3.69. The first-order valence-corrected chi connectivity index (χ1v) is 9.15. The fraction of sp³-hybridized carbons (Fsp3) is 0.0909. The van der Waals surface area contributed by atoms with Crippen molar-refractivity contribution >= 4 is 21.7 Å². The number of aromatic amines is 1. The fourth-order valence-corrected chi connectivity index (χ4v) is 3.62. The number of nitrogens with zero attached hydrogens (tertiary/aromatic N) is 4. The molecule has 3 aromatic carbocycles. The highest BCUT2D eigenvalue weighted by atomic mass is 16.5. The van der Waals surface area contributed by atoms with Gasteiger partial charge in [-0.15, -0.1) is 5.10 Å². The van der Waals surface area contributed by atoms with Gasteiger partial charge in [-0.1, -0.05) is 36.4 Å². The van der Waals surface area contributed by atoms with Crippen molar-refractivity contribution in [2.24, 2.45) is 0 Å². The van der Waals surface area contributed by atoms with Crippen molar-refractivity contribution < 1.29 is 4.74 Å². The third-order valence-corrected chi connectivity index (χ3v) is 5.06. The van der Waals surface area contributed by atoms with Crippen molar-refractivity contribution in [3.05, 3.63) is 88.6 Å². The van der Waals surface area contributed by atoms with Gasteiger partial charge in [0.2, 0.25) is 0 Å². The summed E-state index contributed by atoms with van der Waals surface area (Å²) in [6.45, 7) is 0. The normalized spacial score (nSPS) is 11.2. The smallest absolute Gasteiger partial charge is 0.267 e. The largest absolute Gasteiger partial charge is 0.497 e. The molecule has 0 amide bonds. The van der Waals surface area contributed by atoms with E-state index in [-0.39, 0.29) is 5.56 Å². The second kappa shape index (κ2) is 6.87. The van der Waals surface area contributed by atoms with Gasteiger partial charge in [-0.25, -0.2) is 9.55 Å². The minimum absolute atomic E-state index is 0.175. The number of rotatable bonds is 4. The van der Waals surface area contributed by atoms with Crippen LogP contribution in [0.1, 0.15) is 11.1 Å². The van der Waals surface area contributed by atoms with E-state index in [0.29, 0.717) is 23.1 Å². The minimum atomic E-state index is -0.175. The summed E-state index contributed by atoms with van der Waals surface area (Å²) in [5, 5.41) is 12.9. The van der Waals surface area contributed by atoms with Crippen LogP contribution in [0.4, 0.5) is 0 Å². The van der Waals surface area contributed by atoms with Gasteiger partial charge in [0.15, 0.2) is 5.82 Å². The van der Waals surface area contributed by atoms with E-state index in [9.17, 15) is 4.79 Å². The van der Waals surface area contributed by atoms with Gasteiger partial charge >= 0.3 is 0 Å². The molecule has 0 saturated carbocycles. The first kappa shape index (κ1) is 17.1. The first-order chi connectivity index (χ1) is 14.2. The van der Waals surface area contributed by atoms with Gasteiger partial charge in [-0.3, -0.25) is 4.79 Å². The van der Waals surface area contributed by atoms with Gasteiger partial charge in [0, 0.05) is 5.39 Å². The Morgan fingerprint density at radius 2 is 1.83 bits per heavy atom. The zero-order valence-electron chi connectivity index (χ0n) is 15.7. The molecular formula is C22H17N5O2. The van der Waals surface area contributed by atoms with E-state index in [1.807, 2.05) is 48.5 Å². The summed E-state index contributed by atoms with van der Waals surface area (Å²) in [6, 6.07) is 17.9. The number of hydrogen-bond donors (Lipinski definition) is 1. The Bertz CT molecular complexity index is 1370. The van der Waals surface area contributed by atoms with E-state index < -0.39 is 0 Å². The molecule has 0 saturated heterocycles. The molecule has 0 radical (unpaired) electrons. The molecule has 0 aliphatic rings. The van der Waals surface area contributed by atoms with Crippen molar-refractivity contribution in [2.75, 3.05) is 7.11 Å². The molecule has 5 rings (SSSR count). The molecule has 0 aliphatic heterocycles. The first-order valence-electron chi connectivity index (χ1n) is 9.15. The maximum Gasteiger partial charge on any atom is 0.267 e. The monoisotopic (exact) mass is 383 g/mol. The standard InChI is InChI=1S/C22H17N5O2/c1-29-16-8-6-14(7-9-16)10-15-11-19-21(18-5-3-2-4-17(15)18)23-13-27(22(19)28)20-12-24-26-25-20/h2-9,11-13H,10H2,1H3,(H,24,25,26).